The molecule has 1 unspecified atom stereocenters. The SMILES string of the molecule is Cc1cc(C2=NOC(c3cc(Cl)cc(Cl)c3)(C(F)(F)F)C2)c(C(C)(C)C)c(I)c1C(=O)O. The van der Waals surface area contributed by atoms with Gasteiger partial charge in [0.05, 0.1) is 11.3 Å². The van der Waals surface area contributed by atoms with E-state index in [1.807, 2.05) is 43.4 Å². The smallest absolute Gasteiger partial charge is 0.435 e. The fourth-order valence-electron chi connectivity index (χ4n) is 3.84. The number of halogens is 6. The van der Waals surface area contributed by atoms with Crippen molar-refractivity contribution in [3.63, 3.8) is 0 Å². The summed E-state index contributed by atoms with van der Waals surface area (Å²) in [5.74, 6) is -1.10. The number of benzene rings is 2. The van der Waals surface area contributed by atoms with Crippen LogP contribution in [0.15, 0.2) is 29.4 Å². The van der Waals surface area contributed by atoms with Gasteiger partial charge in [-0.15, -0.1) is 0 Å². The summed E-state index contributed by atoms with van der Waals surface area (Å²) in [7, 11) is 0. The highest BCUT2D eigenvalue weighted by molar-refractivity contribution is 14.1. The minimum Gasteiger partial charge on any atom is -0.478 e. The first-order valence-electron chi connectivity index (χ1n) is 9.44. The van der Waals surface area contributed by atoms with Crippen molar-refractivity contribution >= 4 is 57.5 Å². The van der Waals surface area contributed by atoms with Gasteiger partial charge >= 0.3 is 12.1 Å². The Hall–Kier alpha value is -1.52. The maximum absolute atomic E-state index is 14.4. The van der Waals surface area contributed by atoms with Crippen LogP contribution < -0.4 is 0 Å². The monoisotopic (exact) mass is 599 g/mol. The van der Waals surface area contributed by atoms with E-state index < -0.39 is 29.6 Å². The number of alkyl halides is 3. The maximum Gasteiger partial charge on any atom is 0.435 e. The summed E-state index contributed by atoms with van der Waals surface area (Å²) in [6.07, 6.45) is -5.43. The van der Waals surface area contributed by atoms with Crippen molar-refractivity contribution in [1.29, 1.82) is 0 Å². The van der Waals surface area contributed by atoms with Gasteiger partial charge in [-0.1, -0.05) is 49.1 Å². The van der Waals surface area contributed by atoms with E-state index in [2.05, 4.69) is 5.16 Å². The van der Waals surface area contributed by atoms with Gasteiger partial charge < -0.3 is 9.94 Å². The van der Waals surface area contributed by atoms with E-state index in [4.69, 9.17) is 28.0 Å². The number of aryl methyl sites for hydroxylation is 1. The van der Waals surface area contributed by atoms with Crippen LogP contribution in [0.2, 0.25) is 10.0 Å². The number of carbonyl (C=O) groups is 1. The number of nitrogens with zero attached hydrogens (tertiary/aromatic N) is 1. The zero-order valence-electron chi connectivity index (χ0n) is 17.5. The molecule has 0 saturated carbocycles. The number of carboxylic acids is 1. The summed E-state index contributed by atoms with van der Waals surface area (Å²) in [6.45, 7) is 7.18. The molecule has 172 valence electrons. The van der Waals surface area contributed by atoms with Gasteiger partial charge in [0.25, 0.3) is 5.60 Å². The second-order valence-corrected chi connectivity index (χ2v) is 10.6. The van der Waals surface area contributed by atoms with Gasteiger partial charge in [0.2, 0.25) is 0 Å². The molecule has 0 bridgehead atoms. The minimum atomic E-state index is -4.82. The zero-order valence-corrected chi connectivity index (χ0v) is 21.2. The molecule has 3 rings (SSSR count). The van der Waals surface area contributed by atoms with Crippen LogP contribution in [0.1, 0.15) is 59.8 Å². The minimum absolute atomic E-state index is 0.0414. The molecule has 0 aromatic heterocycles. The molecule has 1 N–H and O–H groups in total. The summed E-state index contributed by atoms with van der Waals surface area (Å²) < 4.78 is 43.5. The van der Waals surface area contributed by atoms with Gasteiger partial charge in [-0.25, -0.2) is 4.79 Å². The van der Waals surface area contributed by atoms with Crippen molar-refractivity contribution < 1.29 is 27.9 Å². The molecule has 4 nitrogen and oxygen atoms in total. The Bertz CT molecular complexity index is 1120. The van der Waals surface area contributed by atoms with E-state index in [0.29, 0.717) is 20.3 Å². The molecule has 1 atom stereocenters. The number of carboxylic acid groups (broad SMARTS) is 1. The van der Waals surface area contributed by atoms with E-state index in [1.165, 1.54) is 6.07 Å². The number of rotatable bonds is 3. The number of aromatic carboxylic acids is 1. The Morgan fingerprint density at radius 3 is 2.19 bits per heavy atom. The Morgan fingerprint density at radius 2 is 1.72 bits per heavy atom. The van der Waals surface area contributed by atoms with Crippen LogP contribution >= 0.6 is 45.8 Å². The molecule has 0 amide bonds. The zero-order chi connectivity index (χ0) is 24.2. The predicted molar refractivity (Wildman–Crippen MR) is 126 cm³/mol. The van der Waals surface area contributed by atoms with E-state index >= 15 is 0 Å². The van der Waals surface area contributed by atoms with E-state index in [-0.39, 0.29) is 26.9 Å². The van der Waals surface area contributed by atoms with E-state index in [1.54, 1.807) is 13.0 Å². The molecule has 2 aromatic rings. The molecule has 0 fully saturated rings. The molecule has 1 heterocycles. The molecule has 10 heteroatoms. The average molecular weight is 600 g/mol. The first-order chi connectivity index (χ1) is 14.6. The van der Waals surface area contributed by atoms with Crippen LogP contribution in [-0.4, -0.2) is 23.0 Å². The third kappa shape index (κ3) is 4.33. The highest BCUT2D eigenvalue weighted by atomic mass is 127. The largest absolute Gasteiger partial charge is 0.478 e. The molecule has 0 saturated heterocycles. The normalized spacial score (nSPS) is 19.0. The Kier molecular flexibility index (Phi) is 6.56. The lowest BCUT2D eigenvalue weighted by molar-refractivity contribution is -0.275. The quantitative estimate of drug-likeness (QED) is 0.372. The topological polar surface area (TPSA) is 58.9 Å². The fourth-order valence-corrected chi connectivity index (χ4v) is 6.12. The highest BCUT2D eigenvalue weighted by Gasteiger charge is 2.62. The standard InChI is InChI=1S/C22H19Cl2F3INO3/c1-10-5-14(17(20(2,3)4)18(28)16(10)19(30)31)15-9-21(32-29-15,22(25,26)27)11-6-12(23)8-13(24)7-11/h5-8H,9H2,1-4H3,(H,30,31). The third-order valence-electron chi connectivity index (χ3n) is 5.25. The molecular formula is C22H19Cl2F3INO3. The van der Waals surface area contributed by atoms with Crippen molar-refractivity contribution in [3.05, 3.63) is 65.7 Å². The van der Waals surface area contributed by atoms with Crippen LogP contribution in [0.3, 0.4) is 0 Å². The second-order valence-electron chi connectivity index (χ2n) is 8.65. The molecule has 32 heavy (non-hydrogen) atoms. The lowest BCUT2D eigenvalue weighted by Gasteiger charge is -2.30. The van der Waals surface area contributed by atoms with Crippen molar-refractivity contribution in [1.82, 2.24) is 0 Å². The van der Waals surface area contributed by atoms with Crippen LogP contribution in [0.25, 0.3) is 0 Å². The molecular weight excluding hydrogens is 581 g/mol. The number of hydrogen-bond acceptors (Lipinski definition) is 3. The lowest BCUT2D eigenvalue weighted by Crippen LogP contribution is -2.42. The van der Waals surface area contributed by atoms with Crippen molar-refractivity contribution in [2.75, 3.05) is 0 Å². The predicted octanol–water partition coefficient (Wildman–Crippen LogP) is 7.48. The summed E-state index contributed by atoms with van der Waals surface area (Å²) >= 11 is 13.9. The van der Waals surface area contributed by atoms with Gasteiger partial charge in [0, 0.05) is 31.2 Å². The average Bonchev–Trinajstić information content (AvgIpc) is 3.05. The van der Waals surface area contributed by atoms with Gasteiger partial charge in [-0.05, 0) is 70.3 Å². The second kappa shape index (κ2) is 8.36. The van der Waals surface area contributed by atoms with Crippen molar-refractivity contribution in [3.8, 4) is 0 Å². The third-order valence-corrected chi connectivity index (χ3v) is 6.77. The van der Waals surface area contributed by atoms with Crippen molar-refractivity contribution in [2.45, 2.75) is 51.3 Å². The summed E-state index contributed by atoms with van der Waals surface area (Å²) in [5.41, 5.74) is -1.99. The number of hydrogen-bond donors (Lipinski definition) is 1. The lowest BCUT2D eigenvalue weighted by atomic mass is 9.78. The molecule has 0 radical (unpaired) electrons. The van der Waals surface area contributed by atoms with E-state index in [0.717, 1.165) is 12.1 Å². The van der Waals surface area contributed by atoms with Crippen LogP contribution in [0, 0.1) is 10.5 Å². The molecule has 1 aliphatic rings. The van der Waals surface area contributed by atoms with Crippen molar-refractivity contribution in [2.24, 2.45) is 5.16 Å². The Labute approximate surface area is 206 Å². The summed E-state index contributed by atoms with van der Waals surface area (Å²) in [6, 6.07) is 5.21. The van der Waals surface area contributed by atoms with Crippen LogP contribution in [0.5, 0.6) is 0 Å². The van der Waals surface area contributed by atoms with Gasteiger partial charge in [-0.2, -0.15) is 13.2 Å². The number of oxime groups is 1. The first-order valence-corrected chi connectivity index (χ1v) is 11.3. The van der Waals surface area contributed by atoms with Gasteiger partial charge in [0.15, 0.2) is 0 Å². The fraction of sp³-hybridized carbons (Fsp3) is 0.364. The summed E-state index contributed by atoms with van der Waals surface area (Å²) in [5, 5.41) is 13.6. The maximum atomic E-state index is 14.4. The van der Waals surface area contributed by atoms with Crippen LogP contribution in [0.4, 0.5) is 13.2 Å². The Morgan fingerprint density at radius 1 is 1.16 bits per heavy atom. The van der Waals surface area contributed by atoms with Crippen LogP contribution in [-0.2, 0) is 15.9 Å². The molecule has 0 aliphatic carbocycles. The highest BCUT2D eigenvalue weighted by Crippen LogP contribution is 2.50. The molecule has 1 aliphatic heterocycles. The summed E-state index contributed by atoms with van der Waals surface area (Å²) in [4.78, 5) is 16.9. The Balaban J connectivity index is 2.22. The van der Waals surface area contributed by atoms with Gasteiger partial charge in [-0.3, -0.25) is 0 Å². The first kappa shape index (κ1) is 25.1. The van der Waals surface area contributed by atoms with E-state index in [9.17, 15) is 23.1 Å². The van der Waals surface area contributed by atoms with Gasteiger partial charge in [0.1, 0.15) is 0 Å². The molecule has 0 spiro atoms. The molecule has 2 aromatic carbocycles.